The van der Waals surface area contributed by atoms with Crippen molar-refractivity contribution >= 4 is 0 Å². The van der Waals surface area contributed by atoms with Crippen molar-refractivity contribution in [2.45, 2.75) is 19.1 Å². The fourth-order valence-corrected chi connectivity index (χ4v) is 1.24. The first kappa shape index (κ1) is 8.65. The van der Waals surface area contributed by atoms with Crippen molar-refractivity contribution in [3.63, 3.8) is 0 Å². The van der Waals surface area contributed by atoms with Crippen LogP contribution < -0.4 is 5.32 Å². The summed E-state index contributed by atoms with van der Waals surface area (Å²) < 4.78 is 7.05. The van der Waals surface area contributed by atoms with Gasteiger partial charge in [-0.3, -0.25) is 0 Å². The molecule has 0 bridgehead atoms. The van der Waals surface area contributed by atoms with E-state index < -0.39 is 0 Å². The maximum absolute atomic E-state index is 5.15. The van der Waals surface area contributed by atoms with E-state index in [4.69, 9.17) is 4.74 Å². The standard InChI is InChI=1S/C8H14N4O/c1-6(13-2)8-5-12(11-10-8)7-3-9-4-7/h5-7,9H,3-4H2,1-2H3. The van der Waals surface area contributed by atoms with Crippen molar-refractivity contribution in [2.75, 3.05) is 20.2 Å². The molecule has 1 aliphatic heterocycles. The Bertz CT molecular complexity index is 262. The number of nitrogens with zero attached hydrogens (tertiary/aromatic N) is 3. The molecule has 1 saturated heterocycles. The van der Waals surface area contributed by atoms with Crippen molar-refractivity contribution in [1.29, 1.82) is 0 Å². The van der Waals surface area contributed by atoms with E-state index in [0.29, 0.717) is 6.04 Å². The molecule has 1 fully saturated rings. The molecule has 72 valence electrons. The minimum Gasteiger partial charge on any atom is -0.375 e. The summed E-state index contributed by atoms with van der Waals surface area (Å²) in [5.74, 6) is 0. The Kier molecular flexibility index (Phi) is 2.28. The average Bonchev–Trinajstić information content (AvgIpc) is 2.49. The van der Waals surface area contributed by atoms with Crippen LogP contribution in [0.2, 0.25) is 0 Å². The highest BCUT2D eigenvalue weighted by Gasteiger charge is 2.20. The molecule has 1 N–H and O–H groups in total. The molecule has 0 saturated carbocycles. The van der Waals surface area contributed by atoms with E-state index in [-0.39, 0.29) is 6.10 Å². The molecule has 0 amide bonds. The fourth-order valence-electron chi connectivity index (χ4n) is 1.24. The first-order valence-corrected chi connectivity index (χ1v) is 4.46. The van der Waals surface area contributed by atoms with Gasteiger partial charge in [-0.25, -0.2) is 4.68 Å². The number of rotatable bonds is 3. The Morgan fingerprint density at radius 1 is 1.69 bits per heavy atom. The van der Waals surface area contributed by atoms with E-state index in [1.54, 1.807) is 7.11 Å². The van der Waals surface area contributed by atoms with Crippen LogP contribution >= 0.6 is 0 Å². The Hall–Kier alpha value is -0.940. The molecule has 1 aromatic rings. The molecule has 1 aromatic heterocycles. The van der Waals surface area contributed by atoms with Crippen molar-refractivity contribution in [3.05, 3.63) is 11.9 Å². The Morgan fingerprint density at radius 2 is 2.46 bits per heavy atom. The first-order valence-electron chi connectivity index (χ1n) is 4.46. The third-order valence-corrected chi connectivity index (χ3v) is 2.43. The van der Waals surface area contributed by atoms with Gasteiger partial charge >= 0.3 is 0 Å². The van der Waals surface area contributed by atoms with Crippen LogP contribution in [0, 0.1) is 0 Å². The normalized spacial score (nSPS) is 19.8. The second-order valence-corrected chi connectivity index (χ2v) is 3.31. The van der Waals surface area contributed by atoms with E-state index >= 15 is 0 Å². The molecule has 0 spiro atoms. The lowest BCUT2D eigenvalue weighted by Gasteiger charge is -2.26. The second kappa shape index (κ2) is 3.43. The summed E-state index contributed by atoms with van der Waals surface area (Å²) in [6, 6.07) is 0.477. The SMILES string of the molecule is COC(C)c1cn(C2CNC2)nn1. The van der Waals surface area contributed by atoms with Crippen LogP contribution in [0.25, 0.3) is 0 Å². The fraction of sp³-hybridized carbons (Fsp3) is 0.750. The summed E-state index contributed by atoms with van der Waals surface area (Å²) in [5.41, 5.74) is 0.898. The predicted octanol–water partition coefficient (Wildman–Crippen LogP) is 0.130. The second-order valence-electron chi connectivity index (χ2n) is 3.31. The number of hydrogen-bond acceptors (Lipinski definition) is 4. The average molecular weight is 182 g/mol. The summed E-state index contributed by atoms with van der Waals surface area (Å²) in [7, 11) is 1.68. The molecule has 5 heteroatoms. The van der Waals surface area contributed by atoms with Gasteiger partial charge in [0.1, 0.15) is 5.69 Å². The Balaban J connectivity index is 2.08. The van der Waals surface area contributed by atoms with Gasteiger partial charge < -0.3 is 10.1 Å². The molecule has 2 rings (SSSR count). The van der Waals surface area contributed by atoms with Gasteiger partial charge in [-0.15, -0.1) is 5.10 Å². The monoisotopic (exact) mass is 182 g/mol. The molecule has 0 aliphatic carbocycles. The van der Waals surface area contributed by atoms with Crippen LogP contribution in [0.1, 0.15) is 24.8 Å². The van der Waals surface area contributed by atoms with Gasteiger partial charge in [0.05, 0.1) is 18.3 Å². The maximum atomic E-state index is 5.15. The summed E-state index contributed by atoms with van der Waals surface area (Å²) in [6.45, 7) is 3.95. The van der Waals surface area contributed by atoms with Crippen molar-refractivity contribution in [3.8, 4) is 0 Å². The molecule has 13 heavy (non-hydrogen) atoms. The predicted molar refractivity (Wildman–Crippen MR) is 47.4 cm³/mol. The summed E-state index contributed by atoms with van der Waals surface area (Å²) in [5, 5.41) is 11.3. The molecule has 0 aromatic carbocycles. The third kappa shape index (κ3) is 1.57. The van der Waals surface area contributed by atoms with Crippen LogP contribution in [-0.4, -0.2) is 35.2 Å². The molecule has 2 heterocycles. The topological polar surface area (TPSA) is 52.0 Å². The molecule has 5 nitrogen and oxygen atoms in total. The van der Waals surface area contributed by atoms with E-state index in [1.165, 1.54) is 0 Å². The van der Waals surface area contributed by atoms with Crippen LogP contribution in [0.4, 0.5) is 0 Å². The quantitative estimate of drug-likeness (QED) is 0.722. The first-order chi connectivity index (χ1) is 6.31. The van der Waals surface area contributed by atoms with Gasteiger partial charge in [0.2, 0.25) is 0 Å². The summed E-state index contributed by atoms with van der Waals surface area (Å²) in [6.07, 6.45) is 1.99. The lowest BCUT2D eigenvalue weighted by molar-refractivity contribution is 0.116. The van der Waals surface area contributed by atoms with Crippen molar-refractivity contribution < 1.29 is 4.74 Å². The lowest BCUT2D eigenvalue weighted by atomic mass is 10.2. The highest BCUT2D eigenvalue weighted by Crippen LogP contribution is 2.15. The van der Waals surface area contributed by atoms with Gasteiger partial charge in [-0.1, -0.05) is 5.21 Å². The zero-order valence-electron chi connectivity index (χ0n) is 7.90. The van der Waals surface area contributed by atoms with E-state index in [0.717, 1.165) is 18.8 Å². The minimum absolute atomic E-state index is 0.0294. The van der Waals surface area contributed by atoms with Gasteiger partial charge in [-0.2, -0.15) is 0 Å². The van der Waals surface area contributed by atoms with E-state index in [2.05, 4.69) is 15.6 Å². The largest absolute Gasteiger partial charge is 0.375 e. The number of ether oxygens (including phenoxy) is 1. The van der Waals surface area contributed by atoms with Gasteiger partial charge in [0.25, 0.3) is 0 Å². The molecule has 1 atom stereocenters. The number of aromatic nitrogens is 3. The molecular weight excluding hydrogens is 168 g/mol. The Labute approximate surface area is 77.1 Å². The zero-order valence-corrected chi connectivity index (χ0v) is 7.90. The lowest BCUT2D eigenvalue weighted by Crippen LogP contribution is -2.43. The van der Waals surface area contributed by atoms with Crippen LogP contribution in [0.3, 0.4) is 0 Å². The van der Waals surface area contributed by atoms with Crippen molar-refractivity contribution in [2.24, 2.45) is 0 Å². The van der Waals surface area contributed by atoms with Crippen molar-refractivity contribution in [1.82, 2.24) is 20.3 Å². The van der Waals surface area contributed by atoms with E-state index in [1.807, 2.05) is 17.8 Å². The molecule has 1 aliphatic rings. The maximum Gasteiger partial charge on any atom is 0.111 e. The molecule has 0 radical (unpaired) electrons. The molecular formula is C8H14N4O. The van der Waals surface area contributed by atoms with Crippen LogP contribution in [0.15, 0.2) is 6.20 Å². The summed E-state index contributed by atoms with van der Waals surface area (Å²) >= 11 is 0. The highest BCUT2D eigenvalue weighted by molar-refractivity contribution is 4.98. The van der Waals surface area contributed by atoms with Gasteiger partial charge in [0.15, 0.2) is 0 Å². The number of nitrogens with one attached hydrogen (secondary N) is 1. The zero-order chi connectivity index (χ0) is 9.26. The Morgan fingerprint density at radius 3 is 3.00 bits per heavy atom. The highest BCUT2D eigenvalue weighted by atomic mass is 16.5. The summed E-state index contributed by atoms with van der Waals surface area (Å²) in [4.78, 5) is 0. The third-order valence-electron chi connectivity index (χ3n) is 2.43. The number of methoxy groups -OCH3 is 1. The minimum atomic E-state index is 0.0294. The van der Waals surface area contributed by atoms with Crippen LogP contribution in [0.5, 0.6) is 0 Å². The number of hydrogen-bond donors (Lipinski definition) is 1. The molecule has 1 unspecified atom stereocenters. The van der Waals surface area contributed by atoms with E-state index in [9.17, 15) is 0 Å². The smallest absolute Gasteiger partial charge is 0.111 e. The van der Waals surface area contributed by atoms with Gasteiger partial charge in [0, 0.05) is 20.2 Å². The van der Waals surface area contributed by atoms with Gasteiger partial charge in [-0.05, 0) is 6.92 Å². The van der Waals surface area contributed by atoms with Crippen LogP contribution in [-0.2, 0) is 4.74 Å².